The summed E-state index contributed by atoms with van der Waals surface area (Å²) in [6.07, 6.45) is 2.46. The molecule has 0 atom stereocenters. The van der Waals surface area contributed by atoms with Gasteiger partial charge in [-0.05, 0) is 48.2 Å². The van der Waals surface area contributed by atoms with Crippen molar-refractivity contribution in [3.63, 3.8) is 0 Å². The zero-order valence-electron chi connectivity index (χ0n) is 11.7. The molecule has 0 aromatic heterocycles. The predicted molar refractivity (Wildman–Crippen MR) is 82.0 cm³/mol. The van der Waals surface area contributed by atoms with Crippen LogP contribution in [0.2, 0.25) is 0 Å². The lowest BCUT2D eigenvalue weighted by atomic mass is 10.0. The Morgan fingerprint density at radius 1 is 1.19 bits per heavy atom. The molecule has 2 aromatic carbocycles. The number of fused-ring (bicyclic) bond motifs is 1. The molecule has 108 valence electrons. The quantitative estimate of drug-likeness (QED) is 0.907. The van der Waals surface area contributed by atoms with E-state index in [-0.39, 0.29) is 18.1 Å². The van der Waals surface area contributed by atoms with Gasteiger partial charge in [0.25, 0.3) is 0 Å². The molecule has 3 nitrogen and oxygen atoms in total. The van der Waals surface area contributed by atoms with E-state index in [2.05, 4.69) is 16.7 Å². The second-order valence-electron chi connectivity index (χ2n) is 5.25. The van der Waals surface area contributed by atoms with Crippen molar-refractivity contribution in [1.29, 1.82) is 0 Å². The molecule has 4 heteroatoms. The minimum Gasteiger partial charge on any atom is -0.385 e. The number of halogens is 1. The van der Waals surface area contributed by atoms with Crippen LogP contribution in [-0.2, 0) is 17.6 Å². The van der Waals surface area contributed by atoms with Crippen molar-refractivity contribution in [3.05, 3.63) is 59.4 Å². The highest BCUT2D eigenvalue weighted by Crippen LogP contribution is 2.25. The fourth-order valence-electron chi connectivity index (χ4n) is 2.53. The lowest BCUT2D eigenvalue weighted by Gasteiger charge is -2.18. The van der Waals surface area contributed by atoms with E-state index in [1.807, 2.05) is 12.1 Å². The van der Waals surface area contributed by atoms with Gasteiger partial charge in [0, 0.05) is 17.9 Å². The largest absolute Gasteiger partial charge is 0.385 e. The van der Waals surface area contributed by atoms with E-state index < -0.39 is 0 Å². The smallest absolute Gasteiger partial charge is 0.228 e. The van der Waals surface area contributed by atoms with Gasteiger partial charge in [-0.3, -0.25) is 4.79 Å². The molecule has 21 heavy (non-hydrogen) atoms. The highest BCUT2D eigenvalue weighted by atomic mass is 19.1. The third-order valence-corrected chi connectivity index (χ3v) is 3.61. The summed E-state index contributed by atoms with van der Waals surface area (Å²) in [4.78, 5) is 12.0. The van der Waals surface area contributed by atoms with E-state index in [0.717, 1.165) is 36.3 Å². The summed E-state index contributed by atoms with van der Waals surface area (Å²) >= 11 is 0. The van der Waals surface area contributed by atoms with Crippen LogP contribution in [0, 0.1) is 5.82 Å². The Morgan fingerprint density at radius 2 is 2.00 bits per heavy atom. The normalized spacial score (nSPS) is 13.2. The maximum absolute atomic E-state index is 12.8. The first-order valence-electron chi connectivity index (χ1n) is 7.12. The Kier molecular flexibility index (Phi) is 3.86. The third-order valence-electron chi connectivity index (χ3n) is 3.61. The fourth-order valence-corrected chi connectivity index (χ4v) is 2.53. The summed E-state index contributed by atoms with van der Waals surface area (Å²) in [5.74, 6) is -0.391. The van der Waals surface area contributed by atoms with Gasteiger partial charge in [-0.25, -0.2) is 4.39 Å². The Labute approximate surface area is 123 Å². The zero-order chi connectivity index (χ0) is 14.7. The number of aryl methyl sites for hydroxylation is 1. The first kappa shape index (κ1) is 13.6. The number of hydrogen-bond acceptors (Lipinski definition) is 2. The molecular weight excluding hydrogens is 267 g/mol. The molecule has 1 heterocycles. The highest BCUT2D eigenvalue weighted by molar-refractivity contribution is 5.92. The summed E-state index contributed by atoms with van der Waals surface area (Å²) in [5, 5.41) is 6.22. The maximum atomic E-state index is 12.8. The van der Waals surface area contributed by atoms with Crippen molar-refractivity contribution in [2.45, 2.75) is 19.3 Å². The molecule has 1 aliphatic rings. The summed E-state index contributed by atoms with van der Waals surface area (Å²) < 4.78 is 12.8. The average molecular weight is 284 g/mol. The summed E-state index contributed by atoms with van der Waals surface area (Å²) in [6.45, 7) is 0.972. The molecule has 3 rings (SSSR count). The van der Waals surface area contributed by atoms with Gasteiger partial charge in [0.15, 0.2) is 0 Å². The number of carbonyl (C=O) groups is 1. The number of nitrogens with one attached hydrogen (secondary N) is 2. The molecule has 0 fully saturated rings. The number of amides is 1. The van der Waals surface area contributed by atoms with Crippen LogP contribution in [0.3, 0.4) is 0 Å². The van der Waals surface area contributed by atoms with Gasteiger partial charge < -0.3 is 10.6 Å². The van der Waals surface area contributed by atoms with Crippen LogP contribution >= 0.6 is 0 Å². The van der Waals surface area contributed by atoms with Crippen LogP contribution in [0.15, 0.2) is 42.5 Å². The third kappa shape index (κ3) is 3.40. The van der Waals surface area contributed by atoms with Crippen molar-refractivity contribution < 1.29 is 9.18 Å². The standard InChI is InChI=1S/C17H17FN2O/c18-14-6-3-12(4-7-14)10-17(21)20-15-8-5-13-2-1-9-19-16(13)11-15/h3-8,11,19H,1-2,9-10H2,(H,20,21). The molecule has 1 aliphatic heterocycles. The van der Waals surface area contributed by atoms with E-state index in [1.54, 1.807) is 12.1 Å². The number of carbonyl (C=O) groups excluding carboxylic acids is 1. The second kappa shape index (κ2) is 5.95. The molecule has 2 N–H and O–H groups in total. The molecule has 0 aliphatic carbocycles. The van der Waals surface area contributed by atoms with Crippen molar-refractivity contribution in [2.24, 2.45) is 0 Å². The molecule has 0 saturated heterocycles. The van der Waals surface area contributed by atoms with E-state index in [9.17, 15) is 9.18 Å². The first-order chi connectivity index (χ1) is 10.2. The van der Waals surface area contributed by atoms with Crippen LogP contribution in [-0.4, -0.2) is 12.5 Å². The van der Waals surface area contributed by atoms with Gasteiger partial charge >= 0.3 is 0 Å². The number of rotatable bonds is 3. The molecule has 0 spiro atoms. The topological polar surface area (TPSA) is 41.1 Å². The molecule has 0 radical (unpaired) electrons. The van der Waals surface area contributed by atoms with Crippen molar-refractivity contribution in [3.8, 4) is 0 Å². The Morgan fingerprint density at radius 3 is 2.81 bits per heavy atom. The van der Waals surface area contributed by atoms with Gasteiger partial charge in [-0.1, -0.05) is 18.2 Å². The highest BCUT2D eigenvalue weighted by Gasteiger charge is 2.10. The van der Waals surface area contributed by atoms with Gasteiger partial charge in [-0.2, -0.15) is 0 Å². The molecule has 0 saturated carbocycles. The van der Waals surface area contributed by atoms with Crippen molar-refractivity contribution in [1.82, 2.24) is 0 Å². The maximum Gasteiger partial charge on any atom is 0.228 e. The van der Waals surface area contributed by atoms with Crippen LogP contribution in [0.5, 0.6) is 0 Å². The predicted octanol–water partition coefficient (Wildman–Crippen LogP) is 3.37. The van der Waals surface area contributed by atoms with Gasteiger partial charge in [0.05, 0.1) is 6.42 Å². The van der Waals surface area contributed by atoms with Crippen LogP contribution in [0.4, 0.5) is 15.8 Å². The van der Waals surface area contributed by atoms with Crippen LogP contribution in [0.1, 0.15) is 17.5 Å². The number of benzene rings is 2. The van der Waals surface area contributed by atoms with E-state index in [1.165, 1.54) is 17.7 Å². The number of hydrogen-bond donors (Lipinski definition) is 2. The zero-order valence-corrected chi connectivity index (χ0v) is 11.7. The second-order valence-corrected chi connectivity index (χ2v) is 5.25. The van der Waals surface area contributed by atoms with E-state index >= 15 is 0 Å². The summed E-state index contributed by atoms with van der Waals surface area (Å²) in [5.41, 5.74) is 3.97. The summed E-state index contributed by atoms with van der Waals surface area (Å²) in [7, 11) is 0. The molecule has 0 bridgehead atoms. The Hall–Kier alpha value is -2.36. The molecule has 2 aromatic rings. The van der Waals surface area contributed by atoms with E-state index in [4.69, 9.17) is 0 Å². The molecule has 0 unspecified atom stereocenters. The lowest BCUT2D eigenvalue weighted by Crippen LogP contribution is -2.16. The van der Waals surface area contributed by atoms with Crippen LogP contribution in [0.25, 0.3) is 0 Å². The van der Waals surface area contributed by atoms with Crippen molar-refractivity contribution >= 4 is 17.3 Å². The Balaban J connectivity index is 1.65. The fraction of sp³-hybridized carbons (Fsp3) is 0.235. The minimum absolute atomic E-state index is 0.0997. The van der Waals surface area contributed by atoms with Gasteiger partial charge in [0.2, 0.25) is 5.91 Å². The van der Waals surface area contributed by atoms with Crippen molar-refractivity contribution in [2.75, 3.05) is 17.2 Å². The Bertz CT molecular complexity index is 652. The van der Waals surface area contributed by atoms with Gasteiger partial charge in [-0.15, -0.1) is 0 Å². The number of anilines is 2. The molecular formula is C17H17FN2O. The molecule has 1 amide bonds. The lowest BCUT2D eigenvalue weighted by molar-refractivity contribution is -0.115. The SMILES string of the molecule is O=C(Cc1ccc(F)cc1)Nc1ccc2c(c1)NCCC2. The monoisotopic (exact) mass is 284 g/mol. The van der Waals surface area contributed by atoms with E-state index in [0.29, 0.717) is 0 Å². The average Bonchev–Trinajstić information content (AvgIpc) is 2.49. The minimum atomic E-state index is -0.292. The van der Waals surface area contributed by atoms with Gasteiger partial charge in [0.1, 0.15) is 5.82 Å². The van der Waals surface area contributed by atoms with Crippen LogP contribution < -0.4 is 10.6 Å². The summed E-state index contributed by atoms with van der Waals surface area (Å²) in [6, 6.07) is 11.9. The first-order valence-corrected chi connectivity index (χ1v) is 7.12.